The van der Waals surface area contributed by atoms with Crippen LogP contribution in [0.2, 0.25) is 0 Å². The van der Waals surface area contributed by atoms with Gasteiger partial charge in [0.05, 0.1) is 6.10 Å². The molecular formula is C10H11BrO. The van der Waals surface area contributed by atoms with E-state index in [-0.39, 0.29) is 6.10 Å². The molecule has 0 spiro atoms. The fourth-order valence-corrected chi connectivity index (χ4v) is 3.65. The van der Waals surface area contributed by atoms with E-state index in [1.54, 1.807) is 0 Å². The Morgan fingerprint density at radius 2 is 2.08 bits per heavy atom. The standard InChI is InChI=1S/C10H11BrO/c11-8-4-7-5-1-2-6(3-5)9(7)10(8)12/h1-2,4-7,9-10,12H,3H2/t5-,6+,7-,9+,10-/m1/s1. The van der Waals surface area contributed by atoms with Crippen LogP contribution in [-0.4, -0.2) is 11.2 Å². The summed E-state index contributed by atoms with van der Waals surface area (Å²) >= 11 is 3.43. The molecule has 0 aromatic carbocycles. The van der Waals surface area contributed by atoms with E-state index >= 15 is 0 Å². The fraction of sp³-hybridized carbons (Fsp3) is 0.600. The lowest BCUT2D eigenvalue weighted by Gasteiger charge is -2.22. The second-order valence-electron chi connectivity index (χ2n) is 4.10. The zero-order chi connectivity index (χ0) is 8.29. The first-order chi connectivity index (χ1) is 5.77. The minimum Gasteiger partial charge on any atom is -0.388 e. The number of halogens is 1. The van der Waals surface area contributed by atoms with Crippen molar-refractivity contribution in [3.63, 3.8) is 0 Å². The van der Waals surface area contributed by atoms with E-state index in [9.17, 15) is 5.11 Å². The summed E-state index contributed by atoms with van der Waals surface area (Å²) in [5.74, 6) is 2.45. The quantitative estimate of drug-likeness (QED) is 0.628. The van der Waals surface area contributed by atoms with Crippen LogP contribution in [0.1, 0.15) is 6.42 Å². The predicted molar refractivity (Wildman–Crippen MR) is 50.7 cm³/mol. The number of rotatable bonds is 0. The third-order valence-electron chi connectivity index (χ3n) is 3.58. The smallest absolute Gasteiger partial charge is 0.0891 e. The Labute approximate surface area is 80.3 Å². The summed E-state index contributed by atoms with van der Waals surface area (Å²) in [5, 5.41) is 9.84. The van der Waals surface area contributed by atoms with Gasteiger partial charge in [0.1, 0.15) is 0 Å². The van der Waals surface area contributed by atoms with Crippen LogP contribution < -0.4 is 0 Å². The highest BCUT2D eigenvalue weighted by Gasteiger charge is 2.50. The van der Waals surface area contributed by atoms with Crippen molar-refractivity contribution in [1.29, 1.82) is 0 Å². The number of allylic oxidation sites excluding steroid dienone is 3. The molecule has 0 aromatic rings. The average Bonchev–Trinajstić information content (AvgIpc) is 2.66. The van der Waals surface area contributed by atoms with Crippen LogP contribution in [0.25, 0.3) is 0 Å². The number of aliphatic hydroxyl groups excluding tert-OH is 1. The lowest BCUT2D eigenvalue weighted by atomic mass is 9.84. The lowest BCUT2D eigenvalue weighted by molar-refractivity contribution is 0.130. The number of hydrogen-bond acceptors (Lipinski definition) is 1. The molecule has 1 N–H and O–H groups in total. The Balaban J connectivity index is 2.01. The lowest BCUT2D eigenvalue weighted by Crippen LogP contribution is -2.24. The van der Waals surface area contributed by atoms with E-state index in [0.29, 0.717) is 23.7 Å². The van der Waals surface area contributed by atoms with Crippen molar-refractivity contribution < 1.29 is 5.11 Å². The third-order valence-corrected chi connectivity index (χ3v) is 4.32. The van der Waals surface area contributed by atoms with Gasteiger partial charge >= 0.3 is 0 Å². The van der Waals surface area contributed by atoms with Gasteiger partial charge in [-0.25, -0.2) is 0 Å². The summed E-state index contributed by atoms with van der Waals surface area (Å²) in [6, 6.07) is 0. The van der Waals surface area contributed by atoms with E-state index in [1.165, 1.54) is 6.42 Å². The second kappa shape index (κ2) is 2.24. The fourth-order valence-electron chi connectivity index (χ4n) is 3.04. The molecule has 1 fully saturated rings. The third kappa shape index (κ3) is 0.728. The van der Waals surface area contributed by atoms with Crippen molar-refractivity contribution in [3.05, 3.63) is 22.7 Å². The minimum absolute atomic E-state index is 0.227. The molecule has 64 valence electrons. The topological polar surface area (TPSA) is 20.2 Å². The zero-order valence-electron chi connectivity index (χ0n) is 6.65. The van der Waals surface area contributed by atoms with Gasteiger partial charge < -0.3 is 5.11 Å². The van der Waals surface area contributed by atoms with Crippen molar-refractivity contribution in [3.8, 4) is 0 Å². The molecule has 0 radical (unpaired) electrons. The van der Waals surface area contributed by atoms with E-state index < -0.39 is 0 Å². The van der Waals surface area contributed by atoms with Crippen LogP contribution >= 0.6 is 15.9 Å². The van der Waals surface area contributed by atoms with Crippen LogP contribution in [0.3, 0.4) is 0 Å². The van der Waals surface area contributed by atoms with E-state index in [4.69, 9.17) is 0 Å². The second-order valence-corrected chi connectivity index (χ2v) is 5.02. The van der Waals surface area contributed by atoms with Gasteiger partial charge in [0.2, 0.25) is 0 Å². The van der Waals surface area contributed by atoms with Crippen LogP contribution in [0.4, 0.5) is 0 Å². The van der Waals surface area contributed by atoms with E-state index in [1.807, 2.05) is 0 Å². The molecule has 1 nitrogen and oxygen atoms in total. The summed E-state index contributed by atoms with van der Waals surface area (Å²) in [4.78, 5) is 0. The molecule has 12 heavy (non-hydrogen) atoms. The largest absolute Gasteiger partial charge is 0.388 e. The monoisotopic (exact) mass is 226 g/mol. The minimum atomic E-state index is -0.227. The highest BCUT2D eigenvalue weighted by Crippen LogP contribution is 2.55. The Bertz CT molecular complexity index is 282. The summed E-state index contributed by atoms with van der Waals surface area (Å²) in [6.07, 6.45) is 7.86. The SMILES string of the molecule is O[C@@H]1C(Br)=C[C@H]2[C@@H]1[C@H]1C=C[C@@H]2C1. The molecule has 0 amide bonds. The molecule has 3 aliphatic carbocycles. The number of hydrogen-bond donors (Lipinski definition) is 1. The van der Waals surface area contributed by atoms with Gasteiger partial charge in [-0.3, -0.25) is 0 Å². The van der Waals surface area contributed by atoms with Crippen molar-refractivity contribution in [2.45, 2.75) is 12.5 Å². The number of aliphatic hydroxyl groups is 1. The van der Waals surface area contributed by atoms with Gasteiger partial charge in [-0.2, -0.15) is 0 Å². The number of fused-ring (bicyclic) bond motifs is 5. The molecule has 3 aliphatic rings. The molecule has 0 aromatic heterocycles. The molecule has 0 aliphatic heterocycles. The Morgan fingerprint density at radius 3 is 2.83 bits per heavy atom. The molecule has 0 saturated heterocycles. The van der Waals surface area contributed by atoms with Crippen molar-refractivity contribution in [2.24, 2.45) is 23.7 Å². The Kier molecular flexibility index (Phi) is 1.37. The van der Waals surface area contributed by atoms with Crippen molar-refractivity contribution in [2.75, 3.05) is 0 Å². The zero-order valence-corrected chi connectivity index (χ0v) is 8.24. The highest BCUT2D eigenvalue weighted by atomic mass is 79.9. The van der Waals surface area contributed by atoms with Crippen molar-refractivity contribution in [1.82, 2.24) is 0 Å². The maximum atomic E-state index is 9.84. The normalized spacial score (nSPS) is 54.5. The highest BCUT2D eigenvalue weighted by molar-refractivity contribution is 9.11. The average molecular weight is 227 g/mol. The van der Waals surface area contributed by atoms with Crippen LogP contribution in [-0.2, 0) is 0 Å². The molecule has 2 bridgehead atoms. The molecule has 0 unspecified atom stereocenters. The van der Waals surface area contributed by atoms with Gasteiger partial charge in [0, 0.05) is 10.4 Å². The van der Waals surface area contributed by atoms with Crippen molar-refractivity contribution >= 4 is 15.9 Å². The summed E-state index contributed by atoms with van der Waals surface area (Å²) in [6.45, 7) is 0. The molecule has 5 atom stereocenters. The van der Waals surface area contributed by atoms with Gasteiger partial charge in [0.15, 0.2) is 0 Å². The Hall–Kier alpha value is -0.0800. The maximum absolute atomic E-state index is 9.84. The summed E-state index contributed by atoms with van der Waals surface area (Å²) < 4.78 is 1.01. The first-order valence-electron chi connectivity index (χ1n) is 4.51. The molecule has 0 heterocycles. The van der Waals surface area contributed by atoms with Gasteiger partial charge in [-0.05, 0) is 24.2 Å². The Morgan fingerprint density at radius 1 is 1.33 bits per heavy atom. The van der Waals surface area contributed by atoms with Gasteiger partial charge in [-0.1, -0.05) is 34.2 Å². The van der Waals surface area contributed by atoms with Crippen LogP contribution in [0.15, 0.2) is 22.7 Å². The molecule has 1 saturated carbocycles. The first kappa shape index (κ1) is 7.34. The predicted octanol–water partition coefficient (Wildman–Crippen LogP) is 2.08. The van der Waals surface area contributed by atoms with Crippen LogP contribution in [0.5, 0.6) is 0 Å². The van der Waals surface area contributed by atoms with Crippen LogP contribution in [0, 0.1) is 23.7 Å². The van der Waals surface area contributed by atoms with E-state index in [0.717, 1.165) is 4.48 Å². The molecule has 2 heteroatoms. The summed E-state index contributed by atoms with van der Waals surface area (Å²) in [5.41, 5.74) is 0. The molecular weight excluding hydrogens is 216 g/mol. The summed E-state index contributed by atoms with van der Waals surface area (Å²) in [7, 11) is 0. The van der Waals surface area contributed by atoms with E-state index in [2.05, 4.69) is 34.2 Å². The maximum Gasteiger partial charge on any atom is 0.0891 e. The molecule has 3 rings (SSSR count). The first-order valence-corrected chi connectivity index (χ1v) is 5.30. The van der Waals surface area contributed by atoms with Gasteiger partial charge in [-0.15, -0.1) is 0 Å². The van der Waals surface area contributed by atoms with Gasteiger partial charge in [0.25, 0.3) is 0 Å².